The van der Waals surface area contributed by atoms with Crippen LogP contribution in [0, 0.1) is 0 Å². The van der Waals surface area contributed by atoms with Crippen LogP contribution in [-0.4, -0.2) is 4.98 Å². The smallest absolute Gasteiger partial charge is 0.0714 e. The maximum Gasteiger partial charge on any atom is 0.0714 e. The van der Waals surface area contributed by atoms with E-state index in [0.29, 0.717) is 0 Å². The summed E-state index contributed by atoms with van der Waals surface area (Å²) in [5, 5.41) is 2.44. The Kier molecular flexibility index (Phi) is 6.55. The minimum atomic E-state index is -0.496. The van der Waals surface area contributed by atoms with Gasteiger partial charge in [0.15, 0.2) is 0 Å². The van der Waals surface area contributed by atoms with E-state index in [0.717, 1.165) is 28.1 Å². The molecule has 8 aromatic carbocycles. The van der Waals surface area contributed by atoms with E-state index in [1.165, 1.54) is 66.4 Å². The summed E-state index contributed by atoms with van der Waals surface area (Å²) in [5.74, 6) is 0. The van der Waals surface area contributed by atoms with Crippen molar-refractivity contribution in [3.8, 4) is 22.3 Å². The van der Waals surface area contributed by atoms with Gasteiger partial charge < -0.3 is 9.88 Å². The molecule has 0 fully saturated rings. The summed E-state index contributed by atoms with van der Waals surface area (Å²) in [6, 6.07) is 69.8. The maximum absolute atomic E-state index is 3.73. The lowest BCUT2D eigenvalue weighted by Crippen LogP contribution is -2.28. The van der Waals surface area contributed by atoms with Gasteiger partial charge in [-0.2, -0.15) is 0 Å². The molecule has 1 aromatic heterocycles. The number of aromatic nitrogens is 1. The van der Waals surface area contributed by atoms with Crippen LogP contribution >= 0.6 is 0 Å². The number of fused-ring (bicyclic) bond motifs is 9. The molecule has 0 atom stereocenters. The highest BCUT2D eigenvalue weighted by Gasteiger charge is 2.46. The van der Waals surface area contributed by atoms with E-state index in [2.05, 4.69) is 212 Å². The van der Waals surface area contributed by atoms with Gasteiger partial charge in [-0.3, -0.25) is 0 Å². The van der Waals surface area contributed by atoms with Crippen molar-refractivity contribution < 1.29 is 0 Å². The number of nitrogens with one attached hydrogen (secondary N) is 1. The number of nitrogens with zero attached hydrogens (tertiary/aromatic N) is 1. The fourth-order valence-corrected chi connectivity index (χ4v) is 9.90. The minimum absolute atomic E-state index is 0.129. The average Bonchev–Trinajstić information content (AvgIpc) is 3.83. The Bertz CT molecular complexity index is 2880. The van der Waals surface area contributed by atoms with E-state index >= 15 is 0 Å². The molecule has 1 N–H and O–H groups in total. The minimum Gasteiger partial charge on any atom is -0.354 e. The van der Waals surface area contributed by atoms with Crippen LogP contribution in [0.15, 0.2) is 188 Å². The highest BCUT2D eigenvalue weighted by atomic mass is 15.1. The Morgan fingerprint density at radius 2 is 0.926 bits per heavy atom. The van der Waals surface area contributed by atoms with Gasteiger partial charge in [-0.25, -0.2) is 0 Å². The van der Waals surface area contributed by atoms with Crippen molar-refractivity contribution in [1.82, 2.24) is 4.98 Å². The molecular formula is C52H38N2. The van der Waals surface area contributed by atoms with Gasteiger partial charge in [0.25, 0.3) is 0 Å². The molecule has 256 valence electrons. The van der Waals surface area contributed by atoms with Crippen molar-refractivity contribution in [2.45, 2.75) is 24.7 Å². The molecule has 2 aliphatic carbocycles. The fourth-order valence-electron chi connectivity index (χ4n) is 9.90. The molecule has 2 heteroatoms. The Hall–Kier alpha value is -6.64. The summed E-state index contributed by atoms with van der Waals surface area (Å²) in [5.41, 5.74) is 18.2. The number of H-pyrrole nitrogens is 1. The molecule has 0 spiro atoms. The number of hydrogen-bond donors (Lipinski definition) is 1. The van der Waals surface area contributed by atoms with Crippen molar-refractivity contribution >= 4 is 38.9 Å². The number of para-hydroxylation sites is 1. The van der Waals surface area contributed by atoms with Gasteiger partial charge in [0.2, 0.25) is 0 Å². The molecule has 0 amide bonds. The van der Waals surface area contributed by atoms with E-state index in [-0.39, 0.29) is 5.41 Å². The van der Waals surface area contributed by atoms with Crippen LogP contribution in [0.3, 0.4) is 0 Å². The molecule has 0 bridgehead atoms. The second-order valence-corrected chi connectivity index (χ2v) is 15.4. The standard InChI is InChI=1S/C52H38N2/c1-51(2)43-23-12-9-20-38(43)40-30-28-36(32-45(40)51)54(49-27-15-26-48-50(49)42-22-11-14-25-47(42)53-48)37-29-31-41-39-21-10-13-24-44(39)52(46(41)33-37,34-16-5-3-6-17-34)35-18-7-4-8-19-35/h3-33,53H,1-2H3. The Morgan fingerprint density at radius 1 is 0.407 bits per heavy atom. The van der Waals surface area contributed by atoms with E-state index in [4.69, 9.17) is 0 Å². The van der Waals surface area contributed by atoms with E-state index in [1.54, 1.807) is 0 Å². The first kappa shape index (κ1) is 30.9. The summed E-state index contributed by atoms with van der Waals surface area (Å²) in [7, 11) is 0. The molecule has 9 aromatic rings. The second-order valence-electron chi connectivity index (χ2n) is 15.4. The van der Waals surface area contributed by atoms with Crippen LogP contribution in [-0.2, 0) is 10.8 Å². The van der Waals surface area contributed by atoms with E-state index < -0.39 is 5.41 Å². The summed E-state index contributed by atoms with van der Waals surface area (Å²) in [6.07, 6.45) is 0. The van der Waals surface area contributed by atoms with Crippen molar-refractivity contribution in [3.05, 3.63) is 221 Å². The number of rotatable bonds is 5. The fraction of sp³-hybridized carbons (Fsp3) is 0.0769. The maximum atomic E-state index is 3.73. The molecule has 0 saturated carbocycles. The lowest BCUT2D eigenvalue weighted by molar-refractivity contribution is 0.660. The number of anilines is 3. The first-order valence-corrected chi connectivity index (χ1v) is 18.9. The normalized spacial score (nSPS) is 14.4. The lowest BCUT2D eigenvalue weighted by atomic mass is 9.67. The van der Waals surface area contributed by atoms with Gasteiger partial charge in [-0.15, -0.1) is 0 Å². The van der Waals surface area contributed by atoms with E-state index in [1.807, 2.05) is 0 Å². The van der Waals surface area contributed by atoms with Crippen LogP contribution in [0.2, 0.25) is 0 Å². The average molecular weight is 691 g/mol. The third-order valence-electron chi connectivity index (χ3n) is 12.3. The zero-order valence-corrected chi connectivity index (χ0v) is 30.3. The molecular weight excluding hydrogens is 653 g/mol. The zero-order chi connectivity index (χ0) is 36.0. The van der Waals surface area contributed by atoms with Crippen LogP contribution in [0.1, 0.15) is 47.2 Å². The third kappa shape index (κ3) is 4.17. The molecule has 0 radical (unpaired) electrons. The monoisotopic (exact) mass is 690 g/mol. The number of benzene rings is 8. The molecule has 0 aliphatic heterocycles. The first-order valence-electron chi connectivity index (χ1n) is 18.9. The molecule has 2 nitrogen and oxygen atoms in total. The Labute approximate surface area is 316 Å². The molecule has 54 heavy (non-hydrogen) atoms. The van der Waals surface area contributed by atoms with Gasteiger partial charge in [0.05, 0.1) is 11.1 Å². The van der Waals surface area contributed by atoms with Gasteiger partial charge in [-0.05, 0) is 98.1 Å². The van der Waals surface area contributed by atoms with Crippen molar-refractivity contribution in [2.75, 3.05) is 4.90 Å². The predicted molar refractivity (Wildman–Crippen MR) is 225 cm³/mol. The van der Waals surface area contributed by atoms with Gasteiger partial charge in [-0.1, -0.05) is 159 Å². The Morgan fingerprint density at radius 3 is 1.63 bits per heavy atom. The summed E-state index contributed by atoms with van der Waals surface area (Å²) < 4.78 is 0. The number of aromatic amines is 1. The molecule has 11 rings (SSSR count). The van der Waals surface area contributed by atoms with Crippen molar-refractivity contribution in [1.29, 1.82) is 0 Å². The van der Waals surface area contributed by atoms with Crippen LogP contribution in [0.25, 0.3) is 44.1 Å². The molecule has 0 unspecified atom stereocenters. The third-order valence-corrected chi connectivity index (χ3v) is 12.3. The zero-order valence-electron chi connectivity index (χ0n) is 30.3. The quantitative estimate of drug-likeness (QED) is 0.190. The van der Waals surface area contributed by atoms with Gasteiger partial charge in [0, 0.05) is 38.6 Å². The molecule has 1 heterocycles. The van der Waals surface area contributed by atoms with Crippen LogP contribution in [0.4, 0.5) is 17.1 Å². The van der Waals surface area contributed by atoms with Gasteiger partial charge >= 0.3 is 0 Å². The largest absolute Gasteiger partial charge is 0.354 e. The SMILES string of the molecule is CC1(C)c2ccccc2-c2ccc(N(c3ccc4c(c3)C(c3ccccc3)(c3ccccc3)c3ccccc3-4)c3cccc4[nH]c5ccccc5c34)cc21. The second kappa shape index (κ2) is 11.4. The summed E-state index contributed by atoms with van der Waals surface area (Å²) >= 11 is 0. The molecule has 0 saturated heterocycles. The van der Waals surface area contributed by atoms with E-state index in [9.17, 15) is 0 Å². The summed E-state index contributed by atoms with van der Waals surface area (Å²) in [4.78, 5) is 6.23. The number of hydrogen-bond acceptors (Lipinski definition) is 1. The van der Waals surface area contributed by atoms with Gasteiger partial charge in [0.1, 0.15) is 0 Å². The highest BCUT2D eigenvalue weighted by Crippen LogP contribution is 2.58. The predicted octanol–water partition coefficient (Wildman–Crippen LogP) is 13.5. The first-order chi connectivity index (χ1) is 26.5. The van der Waals surface area contributed by atoms with Crippen molar-refractivity contribution in [3.63, 3.8) is 0 Å². The lowest BCUT2D eigenvalue weighted by Gasteiger charge is -2.35. The van der Waals surface area contributed by atoms with Crippen LogP contribution in [0.5, 0.6) is 0 Å². The van der Waals surface area contributed by atoms with Crippen LogP contribution < -0.4 is 4.90 Å². The topological polar surface area (TPSA) is 19.0 Å². The highest BCUT2D eigenvalue weighted by molar-refractivity contribution is 6.15. The Balaban J connectivity index is 1.22. The molecule has 2 aliphatic rings. The van der Waals surface area contributed by atoms with Crippen molar-refractivity contribution in [2.24, 2.45) is 0 Å². The summed E-state index contributed by atoms with van der Waals surface area (Å²) in [6.45, 7) is 4.74.